The number of anilines is 1. The molecule has 1 aliphatic carbocycles. The fraction of sp³-hybridized carbons (Fsp3) is 0.600. The fourth-order valence-electron chi connectivity index (χ4n) is 4.34. The van der Waals surface area contributed by atoms with Gasteiger partial charge in [0.2, 0.25) is 0 Å². The number of hydrogen-bond donors (Lipinski definition) is 0. The molecule has 1 saturated heterocycles. The van der Waals surface area contributed by atoms with Crippen LogP contribution in [0.4, 0.5) is 5.69 Å². The second-order valence-electron chi connectivity index (χ2n) is 7.99. The molecule has 2 heterocycles. The molecule has 1 aliphatic heterocycles. The molecule has 0 radical (unpaired) electrons. The second kappa shape index (κ2) is 8.64. The van der Waals surface area contributed by atoms with Gasteiger partial charge in [-0.3, -0.25) is 9.69 Å². The Hall–Kier alpha value is -1.23. The van der Waals surface area contributed by atoms with Gasteiger partial charge in [-0.1, -0.05) is 27.5 Å². The normalized spacial score (nSPS) is 24.5. The molecule has 28 heavy (non-hydrogen) atoms. The van der Waals surface area contributed by atoms with E-state index in [1.165, 1.54) is 36.8 Å². The van der Waals surface area contributed by atoms with Crippen LogP contribution in [-0.2, 0) is 4.79 Å². The van der Waals surface area contributed by atoms with Crippen molar-refractivity contribution < 1.29 is 4.79 Å². The monoisotopic (exact) mass is 482 g/mol. The van der Waals surface area contributed by atoms with Gasteiger partial charge in [-0.25, -0.2) is 4.98 Å². The van der Waals surface area contributed by atoms with Gasteiger partial charge in [0.15, 0.2) is 10.8 Å². The van der Waals surface area contributed by atoms with Gasteiger partial charge in [-0.15, -0.1) is 0 Å². The first-order valence-corrected chi connectivity index (χ1v) is 11.5. The van der Waals surface area contributed by atoms with E-state index in [2.05, 4.69) is 25.8 Å². The lowest BCUT2D eigenvalue weighted by molar-refractivity contribution is -0.124. The van der Waals surface area contributed by atoms with Gasteiger partial charge in [0.05, 0.1) is 16.9 Å². The number of carbonyl (C=O) groups is 1. The minimum absolute atomic E-state index is 0.0820. The molecule has 2 fully saturated rings. The van der Waals surface area contributed by atoms with Gasteiger partial charge in [0.1, 0.15) is 11.6 Å². The van der Waals surface area contributed by atoms with Crippen LogP contribution in [0.15, 0.2) is 12.3 Å². The number of hydrogen-bond acceptors (Lipinski definition) is 4. The highest BCUT2D eigenvalue weighted by Crippen LogP contribution is 2.40. The summed E-state index contributed by atoms with van der Waals surface area (Å²) >= 11 is 15.4. The Bertz CT molecular complexity index is 817. The first kappa shape index (κ1) is 21.5. The molecular weight excluding hydrogens is 460 g/mol. The number of halogens is 2. The predicted octanol–water partition coefficient (Wildman–Crippen LogP) is 5.05. The van der Waals surface area contributed by atoms with E-state index in [1.807, 2.05) is 19.9 Å². The molecule has 0 N–H and O–H groups in total. The Balaban J connectivity index is 1.81. The van der Waals surface area contributed by atoms with E-state index in [9.17, 15) is 4.79 Å². The van der Waals surface area contributed by atoms with E-state index in [1.54, 1.807) is 6.07 Å². The van der Waals surface area contributed by atoms with Crippen LogP contribution in [0.25, 0.3) is 0 Å². The van der Waals surface area contributed by atoms with Crippen molar-refractivity contribution >= 4 is 56.5 Å². The van der Waals surface area contributed by atoms with Crippen molar-refractivity contribution in [2.75, 3.05) is 10.2 Å². The van der Waals surface area contributed by atoms with Gasteiger partial charge in [-0.05, 0) is 76.6 Å². The summed E-state index contributed by atoms with van der Waals surface area (Å²) in [7, 11) is 0. The standard InChI is InChI=1S/C20H24BrClN4OS/c1-20(2)18(27)25(15-10-16(22)17(11-23)24-12-15)19(28)26(20)14-7-5-13(6-8-14)4-3-9-21/h10,12-14H,3-9H2,1-2H3. The topological polar surface area (TPSA) is 60.2 Å². The van der Waals surface area contributed by atoms with Crippen LogP contribution in [-0.4, -0.2) is 37.8 Å². The van der Waals surface area contributed by atoms with Crippen LogP contribution in [0.2, 0.25) is 5.02 Å². The second-order valence-corrected chi connectivity index (χ2v) is 9.56. The molecule has 5 nitrogen and oxygen atoms in total. The zero-order valence-corrected chi connectivity index (χ0v) is 19.3. The van der Waals surface area contributed by atoms with Crippen molar-refractivity contribution in [3.63, 3.8) is 0 Å². The van der Waals surface area contributed by atoms with Crippen molar-refractivity contribution in [3.05, 3.63) is 23.0 Å². The van der Waals surface area contributed by atoms with Crippen LogP contribution in [0.1, 0.15) is 58.1 Å². The third kappa shape index (κ3) is 3.92. The molecular formula is C20H24BrClN4OS. The highest BCUT2D eigenvalue weighted by Gasteiger charge is 2.52. The summed E-state index contributed by atoms with van der Waals surface area (Å²) in [4.78, 5) is 20.9. The lowest BCUT2D eigenvalue weighted by Crippen LogP contribution is -2.51. The Morgan fingerprint density at radius 3 is 2.64 bits per heavy atom. The number of thiocarbonyl (C=S) groups is 1. The molecule has 1 aromatic rings. The van der Waals surface area contributed by atoms with E-state index < -0.39 is 5.54 Å². The molecule has 0 bridgehead atoms. The van der Waals surface area contributed by atoms with Gasteiger partial charge in [0, 0.05) is 11.4 Å². The number of pyridine rings is 1. The maximum atomic E-state index is 13.2. The van der Waals surface area contributed by atoms with Crippen LogP contribution in [0.3, 0.4) is 0 Å². The largest absolute Gasteiger partial charge is 0.331 e. The Labute approximate surface area is 185 Å². The molecule has 1 saturated carbocycles. The van der Waals surface area contributed by atoms with Gasteiger partial charge in [-0.2, -0.15) is 5.26 Å². The zero-order chi connectivity index (χ0) is 20.5. The van der Waals surface area contributed by atoms with E-state index >= 15 is 0 Å². The predicted molar refractivity (Wildman–Crippen MR) is 119 cm³/mol. The molecule has 1 amide bonds. The Morgan fingerprint density at radius 1 is 1.39 bits per heavy atom. The van der Waals surface area contributed by atoms with Gasteiger partial charge >= 0.3 is 0 Å². The maximum absolute atomic E-state index is 13.2. The number of nitriles is 1. The highest BCUT2D eigenvalue weighted by atomic mass is 79.9. The van der Waals surface area contributed by atoms with Crippen molar-refractivity contribution in [3.8, 4) is 6.07 Å². The summed E-state index contributed by atoms with van der Waals surface area (Å²) in [5.41, 5.74) is -0.0633. The smallest absolute Gasteiger partial charge is 0.258 e. The molecule has 8 heteroatoms. The molecule has 2 aliphatic rings. The van der Waals surface area contributed by atoms with Crippen LogP contribution >= 0.6 is 39.7 Å². The molecule has 0 unspecified atom stereocenters. The third-order valence-electron chi connectivity index (χ3n) is 5.84. The van der Waals surface area contributed by atoms with E-state index in [-0.39, 0.29) is 22.7 Å². The third-order valence-corrected chi connectivity index (χ3v) is 7.07. The minimum atomic E-state index is -0.717. The summed E-state index contributed by atoms with van der Waals surface area (Å²) < 4.78 is 0. The number of nitrogens with zero attached hydrogens (tertiary/aromatic N) is 4. The average Bonchev–Trinajstić information content (AvgIpc) is 2.85. The van der Waals surface area contributed by atoms with Crippen molar-refractivity contribution in [2.45, 2.75) is 64.0 Å². The molecule has 0 aromatic carbocycles. The van der Waals surface area contributed by atoms with E-state index in [0.717, 1.165) is 24.1 Å². The lowest BCUT2D eigenvalue weighted by atomic mass is 9.82. The Morgan fingerprint density at radius 2 is 2.07 bits per heavy atom. The molecule has 150 valence electrons. The minimum Gasteiger partial charge on any atom is -0.331 e. The first-order valence-electron chi connectivity index (χ1n) is 9.60. The van der Waals surface area contributed by atoms with Crippen molar-refractivity contribution in [1.82, 2.24) is 9.88 Å². The highest BCUT2D eigenvalue weighted by molar-refractivity contribution is 9.09. The van der Waals surface area contributed by atoms with E-state index in [0.29, 0.717) is 10.8 Å². The molecule has 0 spiro atoms. The number of carbonyl (C=O) groups excluding carboxylic acids is 1. The van der Waals surface area contributed by atoms with Gasteiger partial charge < -0.3 is 4.90 Å². The van der Waals surface area contributed by atoms with Crippen LogP contribution < -0.4 is 4.90 Å². The zero-order valence-electron chi connectivity index (χ0n) is 16.1. The fourth-order valence-corrected chi connectivity index (χ4v) is 5.43. The number of rotatable bonds is 5. The maximum Gasteiger partial charge on any atom is 0.258 e. The molecule has 1 aromatic heterocycles. The number of amides is 1. The number of alkyl halides is 1. The Kier molecular flexibility index (Phi) is 6.63. The first-order chi connectivity index (χ1) is 13.3. The summed E-state index contributed by atoms with van der Waals surface area (Å²) in [5.74, 6) is 0.683. The summed E-state index contributed by atoms with van der Waals surface area (Å²) in [6, 6.07) is 3.79. The van der Waals surface area contributed by atoms with Crippen LogP contribution in [0.5, 0.6) is 0 Å². The van der Waals surface area contributed by atoms with Gasteiger partial charge in [0.25, 0.3) is 5.91 Å². The van der Waals surface area contributed by atoms with E-state index in [4.69, 9.17) is 29.1 Å². The van der Waals surface area contributed by atoms with Crippen molar-refractivity contribution in [2.24, 2.45) is 5.92 Å². The summed E-state index contributed by atoms with van der Waals surface area (Å²) in [6.45, 7) is 3.86. The average molecular weight is 484 g/mol. The number of aromatic nitrogens is 1. The molecule has 3 rings (SSSR count). The lowest BCUT2D eigenvalue weighted by Gasteiger charge is -2.41. The quantitative estimate of drug-likeness (QED) is 0.433. The molecule has 0 atom stereocenters. The van der Waals surface area contributed by atoms with Crippen molar-refractivity contribution in [1.29, 1.82) is 5.26 Å². The summed E-state index contributed by atoms with van der Waals surface area (Å²) in [5, 5.41) is 10.8. The SMILES string of the molecule is CC1(C)C(=O)N(c2cnc(C#N)c(Cl)c2)C(=S)N1C1CCC(CCCBr)CC1. The summed E-state index contributed by atoms with van der Waals surface area (Å²) in [6.07, 6.45) is 8.39. The van der Waals surface area contributed by atoms with Crippen LogP contribution in [0, 0.1) is 17.2 Å².